The summed E-state index contributed by atoms with van der Waals surface area (Å²) in [4.78, 5) is 23.0. The zero-order valence-corrected chi connectivity index (χ0v) is 13.5. The number of nitrogens with zero attached hydrogens (tertiary/aromatic N) is 2. The van der Waals surface area contributed by atoms with Crippen LogP contribution in [0, 0.1) is 5.82 Å². The highest BCUT2D eigenvalue weighted by molar-refractivity contribution is 5.94. The van der Waals surface area contributed by atoms with Gasteiger partial charge in [0.1, 0.15) is 5.82 Å². The van der Waals surface area contributed by atoms with Crippen LogP contribution in [0.15, 0.2) is 72.0 Å². The Kier molecular flexibility index (Phi) is 4.89. The van der Waals surface area contributed by atoms with Crippen LogP contribution in [0.3, 0.4) is 0 Å². The van der Waals surface area contributed by atoms with Gasteiger partial charge in [-0.3, -0.25) is 4.79 Å². The van der Waals surface area contributed by atoms with Crippen LogP contribution < -0.4 is 5.43 Å². The Morgan fingerprint density at radius 3 is 2.58 bits per heavy atom. The zero-order chi connectivity index (χ0) is 18.5. The number of halogens is 1. The quantitative estimate of drug-likeness (QED) is 0.547. The molecule has 0 bridgehead atoms. The molecular weight excluding hydrogens is 337 g/mol. The highest BCUT2D eigenvalue weighted by Crippen LogP contribution is 2.14. The average molecular weight is 351 g/mol. The summed E-state index contributed by atoms with van der Waals surface area (Å²) in [6.07, 6.45) is 3.17. The average Bonchev–Trinajstić information content (AvgIpc) is 3.10. The van der Waals surface area contributed by atoms with Crippen LogP contribution in [-0.2, 0) is 0 Å². The second-order valence-corrected chi connectivity index (χ2v) is 5.37. The molecule has 1 aromatic heterocycles. The van der Waals surface area contributed by atoms with Crippen molar-refractivity contribution in [1.29, 1.82) is 0 Å². The Morgan fingerprint density at radius 1 is 1.04 bits per heavy atom. The lowest BCUT2D eigenvalue weighted by atomic mass is 10.2. The molecule has 7 heteroatoms. The van der Waals surface area contributed by atoms with Gasteiger partial charge in [0.15, 0.2) is 0 Å². The highest BCUT2D eigenvalue weighted by atomic mass is 19.1. The number of hydrogen-bond acceptors (Lipinski definition) is 3. The Bertz CT molecular complexity index is 995. The highest BCUT2D eigenvalue weighted by Gasteiger charge is 2.07. The summed E-state index contributed by atoms with van der Waals surface area (Å²) < 4.78 is 14.9. The molecule has 0 radical (unpaired) electrons. The second-order valence-electron chi connectivity index (χ2n) is 5.37. The van der Waals surface area contributed by atoms with Gasteiger partial charge < -0.3 is 9.67 Å². The third-order valence-electron chi connectivity index (χ3n) is 3.60. The minimum absolute atomic E-state index is 0.159. The van der Waals surface area contributed by atoms with Crippen molar-refractivity contribution in [2.24, 2.45) is 5.10 Å². The van der Waals surface area contributed by atoms with E-state index < -0.39 is 17.7 Å². The molecule has 3 rings (SSSR count). The molecule has 0 atom stereocenters. The van der Waals surface area contributed by atoms with Crippen molar-refractivity contribution in [3.8, 4) is 5.69 Å². The monoisotopic (exact) mass is 351 g/mol. The fourth-order valence-corrected chi connectivity index (χ4v) is 2.37. The summed E-state index contributed by atoms with van der Waals surface area (Å²) >= 11 is 0. The normalized spacial score (nSPS) is 10.8. The van der Waals surface area contributed by atoms with Gasteiger partial charge >= 0.3 is 5.97 Å². The molecule has 0 spiro atoms. The Balaban J connectivity index is 1.77. The first-order valence-corrected chi connectivity index (χ1v) is 7.64. The zero-order valence-electron chi connectivity index (χ0n) is 13.5. The molecule has 0 aliphatic heterocycles. The smallest absolute Gasteiger partial charge is 0.335 e. The van der Waals surface area contributed by atoms with Gasteiger partial charge in [0.25, 0.3) is 5.91 Å². The number of nitrogens with one attached hydrogen (secondary N) is 1. The lowest BCUT2D eigenvalue weighted by Crippen LogP contribution is -2.18. The van der Waals surface area contributed by atoms with Gasteiger partial charge in [-0.05, 0) is 48.5 Å². The molecule has 0 aliphatic rings. The first-order chi connectivity index (χ1) is 12.5. The number of aromatic carboxylic acids is 1. The molecule has 0 aliphatic carbocycles. The molecule has 1 heterocycles. The fourth-order valence-electron chi connectivity index (χ4n) is 2.37. The van der Waals surface area contributed by atoms with Crippen molar-refractivity contribution in [3.63, 3.8) is 0 Å². The van der Waals surface area contributed by atoms with E-state index in [1.54, 1.807) is 35.0 Å². The molecule has 0 saturated heterocycles. The van der Waals surface area contributed by atoms with Gasteiger partial charge in [0.05, 0.1) is 17.5 Å². The molecule has 2 aromatic carbocycles. The minimum Gasteiger partial charge on any atom is -0.478 e. The van der Waals surface area contributed by atoms with E-state index in [1.807, 2.05) is 0 Å². The molecule has 0 fully saturated rings. The van der Waals surface area contributed by atoms with Crippen LogP contribution in [0.2, 0.25) is 0 Å². The predicted octanol–water partition coefficient (Wildman–Crippen LogP) is 3.08. The number of aromatic nitrogens is 1. The van der Waals surface area contributed by atoms with E-state index in [2.05, 4.69) is 10.5 Å². The summed E-state index contributed by atoms with van der Waals surface area (Å²) in [5.74, 6) is -2.06. The second kappa shape index (κ2) is 7.43. The van der Waals surface area contributed by atoms with E-state index in [4.69, 9.17) is 5.11 Å². The van der Waals surface area contributed by atoms with Gasteiger partial charge in [-0.2, -0.15) is 5.10 Å². The summed E-state index contributed by atoms with van der Waals surface area (Å²) in [6, 6.07) is 15.2. The van der Waals surface area contributed by atoms with Crippen LogP contribution in [0.25, 0.3) is 5.69 Å². The van der Waals surface area contributed by atoms with Crippen molar-refractivity contribution in [2.75, 3.05) is 0 Å². The topological polar surface area (TPSA) is 83.7 Å². The molecule has 26 heavy (non-hydrogen) atoms. The van der Waals surface area contributed by atoms with Crippen LogP contribution in [-0.4, -0.2) is 27.8 Å². The van der Waals surface area contributed by atoms with E-state index in [0.29, 0.717) is 11.4 Å². The molecule has 3 aromatic rings. The van der Waals surface area contributed by atoms with Crippen LogP contribution in [0.5, 0.6) is 0 Å². The van der Waals surface area contributed by atoms with E-state index in [-0.39, 0.29) is 11.1 Å². The van der Waals surface area contributed by atoms with Crippen molar-refractivity contribution in [2.45, 2.75) is 0 Å². The molecular formula is C19H14FN3O3. The van der Waals surface area contributed by atoms with E-state index in [0.717, 1.165) is 6.07 Å². The first-order valence-electron chi connectivity index (χ1n) is 7.64. The van der Waals surface area contributed by atoms with E-state index in [9.17, 15) is 14.0 Å². The number of hydrazone groups is 1. The summed E-state index contributed by atoms with van der Waals surface area (Å²) in [5, 5.41) is 13.0. The summed E-state index contributed by atoms with van der Waals surface area (Å²) in [7, 11) is 0. The number of rotatable bonds is 5. The summed E-state index contributed by atoms with van der Waals surface area (Å²) in [6.45, 7) is 0. The number of hydrogen-bond donors (Lipinski definition) is 2. The van der Waals surface area contributed by atoms with Crippen LogP contribution >= 0.6 is 0 Å². The maximum Gasteiger partial charge on any atom is 0.335 e. The van der Waals surface area contributed by atoms with Gasteiger partial charge in [-0.1, -0.05) is 12.1 Å². The SMILES string of the molecule is O=C(O)c1cccc(-n2cccc2/C=N\NC(=O)c2cccc(F)c2)c1. The third kappa shape index (κ3) is 3.84. The number of carbonyl (C=O) groups is 2. The van der Waals surface area contributed by atoms with Crippen molar-refractivity contribution < 1.29 is 19.1 Å². The standard InChI is InChI=1S/C19H14FN3O3/c20-15-6-1-4-13(10-15)18(24)22-21-12-17-8-3-9-23(17)16-7-2-5-14(11-16)19(25)26/h1-12H,(H,22,24)(H,25,26)/b21-12-. The van der Waals surface area contributed by atoms with Crippen LogP contribution in [0.4, 0.5) is 4.39 Å². The molecule has 1 amide bonds. The number of carboxylic acid groups (broad SMARTS) is 1. The molecule has 2 N–H and O–H groups in total. The number of carboxylic acids is 1. The predicted molar refractivity (Wildman–Crippen MR) is 94.2 cm³/mol. The van der Waals surface area contributed by atoms with Crippen molar-refractivity contribution in [1.82, 2.24) is 9.99 Å². The number of amides is 1. The lowest BCUT2D eigenvalue weighted by Gasteiger charge is -2.07. The maximum atomic E-state index is 13.1. The van der Waals surface area contributed by atoms with Crippen LogP contribution in [0.1, 0.15) is 26.4 Å². The Labute approximate surface area is 148 Å². The van der Waals surface area contributed by atoms with Gasteiger partial charge in [-0.25, -0.2) is 14.6 Å². The lowest BCUT2D eigenvalue weighted by molar-refractivity contribution is 0.0696. The maximum absolute atomic E-state index is 13.1. The van der Waals surface area contributed by atoms with E-state index >= 15 is 0 Å². The summed E-state index contributed by atoms with van der Waals surface area (Å²) in [5.41, 5.74) is 3.93. The molecule has 6 nitrogen and oxygen atoms in total. The van der Waals surface area contributed by atoms with Gasteiger partial charge in [0, 0.05) is 17.4 Å². The molecule has 0 saturated carbocycles. The minimum atomic E-state index is -1.02. The van der Waals surface area contributed by atoms with E-state index in [1.165, 1.54) is 36.5 Å². The Morgan fingerprint density at radius 2 is 1.81 bits per heavy atom. The largest absolute Gasteiger partial charge is 0.478 e. The van der Waals surface area contributed by atoms with Gasteiger partial charge in [0.2, 0.25) is 0 Å². The third-order valence-corrected chi connectivity index (χ3v) is 3.60. The molecule has 0 unspecified atom stereocenters. The molecule has 130 valence electrons. The number of benzene rings is 2. The van der Waals surface area contributed by atoms with Crippen molar-refractivity contribution in [3.05, 3.63) is 89.5 Å². The number of carbonyl (C=O) groups excluding carboxylic acids is 1. The van der Waals surface area contributed by atoms with Crippen molar-refractivity contribution >= 4 is 18.1 Å². The fraction of sp³-hybridized carbons (Fsp3) is 0. The van der Waals surface area contributed by atoms with Gasteiger partial charge in [-0.15, -0.1) is 0 Å². The first kappa shape index (κ1) is 17.1. The Hall–Kier alpha value is -3.74.